The van der Waals surface area contributed by atoms with Crippen LogP contribution >= 0.6 is 0 Å². The van der Waals surface area contributed by atoms with E-state index in [4.69, 9.17) is 15.2 Å². The zero-order valence-corrected chi connectivity index (χ0v) is 12.1. The van der Waals surface area contributed by atoms with Gasteiger partial charge in [-0.3, -0.25) is 4.79 Å². The normalized spacial score (nSPS) is 16.7. The van der Waals surface area contributed by atoms with Gasteiger partial charge >= 0.3 is 0 Å². The van der Waals surface area contributed by atoms with Crippen molar-refractivity contribution in [1.82, 2.24) is 0 Å². The summed E-state index contributed by atoms with van der Waals surface area (Å²) >= 11 is 0. The maximum Gasteiger partial charge on any atom is 0.243 e. The molecule has 1 atom stereocenters. The molecule has 0 bridgehead atoms. The first-order chi connectivity index (χ1) is 10.1. The van der Waals surface area contributed by atoms with Gasteiger partial charge in [0, 0.05) is 18.9 Å². The van der Waals surface area contributed by atoms with E-state index in [-0.39, 0.29) is 18.5 Å². The number of amides is 1. The van der Waals surface area contributed by atoms with Crippen LogP contribution in [0.3, 0.4) is 0 Å². The van der Waals surface area contributed by atoms with Gasteiger partial charge in [-0.1, -0.05) is 0 Å². The predicted molar refractivity (Wildman–Crippen MR) is 77.8 cm³/mol. The van der Waals surface area contributed by atoms with Crippen molar-refractivity contribution in [1.29, 1.82) is 0 Å². The van der Waals surface area contributed by atoms with E-state index in [0.29, 0.717) is 5.69 Å². The molecule has 0 aliphatic heterocycles. The molecule has 1 unspecified atom stereocenters. The minimum Gasteiger partial charge on any atom is -0.487 e. The number of carbonyl (C=O) groups excluding carboxylic acids is 1. The van der Waals surface area contributed by atoms with E-state index in [1.807, 2.05) is 0 Å². The number of halogens is 1. The van der Waals surface area contributed by atoms with E-state index >= 15 is 0 Å². The van der Waals surface area contributed by atoms with Gasteiger partial charge in [-0.2, -0.15) is 0 Å². The molecule has 0 saturated heterocycles. The molecule has 1 aliphatic carbocycles. The number of rotatable bonds is 6. The third kappa shape index (κ3) is 4.41. The van der Waals surface area contributed by atoms with E-state index in [0.717, 1.165) is 25.7 Å². The number of hydrogen-bond donors (Lipinski definition) is 2. The highest BCUT2D eigenvalue weighted by molar-refractivity contribution is 5.94. The molecule has 0 aromatic heterocycles. The van der Waals surface area contributed by atoms with Gasteiger partial charge in [0.15, 0.2) is 11.6 Å². The summed E-state index contributed by atoms with van der Waals surface area (Å²) in [6.45, 7) is 0.108. The minimum absolute atomic E-state index is 0.0927. The van der Waals surface area contributed by atoms with E-state index < -0.39 is 17.8 Å². The summed E-state index contributed by atoms with van der Waals surface area (Å²) in [5.41, 5.74) is 5.95. The molecule has 116 valence electrons. The molecular formula is C15H21FN2O3. The van der Waals surface area contributed by atoms with Crippen LogP contribution in [0, 0.1) is 5.82 Å². The minimum atomic E-state index is -0.785. The second-order valence-electron chi connectivity index (χ2n) is 5.22. The standard InChI is InChI=1S/C15H21FN2O3/c1-20-9-13(17)15(19)18-10-6-7-14(12(16)8-10)21-11-4-2-3-5-11/h6-8,11,13H,2-5,9,17H2,1H3,(H,18,19). The molecular weight excluding hydrogens is 275 g/mol. The van der Waals surface area contributed by atoms with Crippen molar-refractivity contribution >= 4 is 11.6 Å². The lowest BCUT2D eigenvalue weighted by Gasteiger charge is -2.15. The van der Waals surface area contributed by atoms with Gasteiger partial charge < -0.3 is 20.5 Å². The topological polar surface area (TPSA) is 73.6 Å². The molecule has 0 heterocycles. The lowest BCUT2D eigenvalue weighted by atomic mass is 10.2. The molecule has 1 aliphatic rings. The van der Waals surface area contributed by atoms with Crippen LogP contribution in [0.4, 0.5) is 10.1 Å². The van der Waals surface area contributed by atoms with Crippen LogP contribution in [0.15, 0.2) is 18.2 Å². The van der Waals surface area contributed by atoms with Crippen molar-refractivity contribution in [3.63, 3.8) is 0 Å². The van der Waals surface area contributed by atoms with E-state index in [2.05, 4.69) is 5.32 Å². The first-order valence-corrected chi connectivity index (χ1v) is 7.11. The largest absolute Gasteiger partial charge is 0.487 e. The van der Waals surface area contributed by atoms with Crippen LogP contribution in [-0.4, -0.2) is 31.8 Å². The van der Waals surface area contributed by atoms with Gasteiger partial charge in [-0.05, 0) is 37.8 Å². The molecule has 3 N–H and O–H groups in total. The summed E-state index contributed by atoms with van der Waals surface area (Å²) < 4.78 is 24.4. The highest BCUT2D eigenvalue weighted by atomic mass is 19.1. The summed E-state index contributed by atoms with van der Waals surface area (Å²) in [4.78, 5) is 11.7. The van der Waals surface area contributed by atoms with Crippen molar-refractivity contribution in [2.24, 2.45) is 5.73 Å². The number of ether oxygens (including phenoxy) is 2. The van der Waals surface area contributed by atoms with Gasteiger partial charge in [-0.15, -0.1) is 0 Å². The lowest BCUT2D eigenvalue weighted by Crippen LogP contribution is -2.39. The highest BCUT2D eigenvalue weighted by Crippen LogP contribution is 2.27. The Morgan fingerprint density at radius 2 is 2.19 bits per heavy atom. The fourth-order valence-electron chi connectivity index (χ4n) is 2.35. The summed E-state index contributed by atoms with van der Waals surface area (Å²) in [5.74, 6) is -0.679. The molecule has 0 spiro atoms. The third-order valence-corrected chi connectivity index (χ3v) is 3.48. The summed E-state index contributed by atoms with van der Waals surface area (Å²) in [6, 6.07) is 3.59. The molecule has 21 heavy (non-hydrogen) atoms. The molecule has 5 nitrogen and oxygen atoms in total. The van der Waals surface area contributed by atoms with Gasteiger partial charge in [0.1, 0.15) is 6.04 Å². The van der Waals surface area contributed by atoms with Crippen molar-refractivity contribution in [3.8, 4) is 5.75 Å². The lowest BCUT2D eigenvalue weighted by molar-refractivity contribution is -0.118. The fraction of sp³-hybridized carbons (Fsp3) is 0.533. The van der Waals surface area contributed by atoms with Crippen molar-refractivity contribution in [2.45, 2.75) is 37.8 Å². The molecule has 1 aromatic carbocycles. The smallest absolute Gasteiger partial charge is 0.243 e. The zero-order valence-electron chi connectivity index (χ0n) is 12.1. The average Bonchev–Trinajstić information content (AvgIpc) is 2.95. The zero-order chi connectivity index (χ0) is 15.2. The Bertz CT molecular complexity index is 490. The van der Waals surface area contributed by atoms with E-state index in [9.17, 15) is 9.18 Å². The monoisotopic (exact) mass is 296 g/mol. The Labute approximate surface area is 123 Å². The van der Waals surface area contributed by atoms with Crippen LogP contribution in [0.25, 0.3) is 0 Å². The number of carbonyl (C=O) groups is 1. The fourth-order valence-corrected chi connectivity index (χ4v) is 2.35. The number of anilines is 1. The number of nitrogens with two attached hydrogens (primary N) is 1. The SMILES string of the molecule is COCC(N)C(=O)Nc1ccc(OC2CCCC2)c(F)c1. The number of nitrogens with one attached hydrogen (secondary N) is 1. The summed E-state index contributed by atoms with van der Waals surface area (Å²) in [6.07, 6.45) is 4.26. The second kappa shape index (κ2) is 7.38. The molecule has 0 radical (unpaired) electrons. The third-order valence-electron chi connectivity index (χ3n) is 3.48. The predicted octanol–water partition coefficient (Wildman–Crippen LogP) is 2.06. The van der Waals surface area contributed by atoms with Crippen molar-refractivity contribution in [3.05, 3.63) is 24.0 Å². The van der Waals surface area contributed by atoms with Crippen molar-refractivity contribution < 1.29 is 18.7 Å². The maximum absolute atomic E-state index is 14.0. The Morgan fingerprint density at radius 3 is 2.81 bits per heavy atom. The summed E-state index contributed by atoms with van der Waals surface area (Å²) in [7, 11) is 1.46. The van der Waals surface area contributed by atoms with Crippen LogP contribution in [0.2, 0.25) is 0 Å². The van der Waals surface area contributed by atoms with Gasteiger partial charge in [0.2, 0.25) is 5.91 Å². The first-order valence-electron chi connectivity index (χ1n) is 7.11. The Hall–Kier alpha value is -1.66. The molecule has 1 aromatic rings. The summed E-state index contributed by atoms with van der Waals surface area (Å²) in [5, 5.41) is 2.55. The van der Waals surface area contributed by atoms with Crippen LogP contribution in [0.1, 0.15) is 25.7 Å². The van der Waals surface area contributed by atoms with Gasteiger partial charge in [0.25, 0.3) is 0 Å². The molecule has 6 heteroatoms. The van der Waals surface area contributed by atoms with Crippen LogP contribution < -0.4 is 15.8 Å². The van der Waals surface area contributed by atoms with E-state index in [1.165, 1.54) is 19.2 Å². The Kier molecular flexibility index (Phi) is 5.52. The van der Waals surface area contributed by atoms with Gasteiger partial charge in [-0.25, -0.2) is 4.39 Å². The average molecular weight is 296 g/mol. The quantitative estimate of drug-likeness (QED) is 0.842. The van der Waals surface area contributed by atoms with Gasteiger partial charge in [0.05, 0.1) is 12.7 Å². The molecule has 1 saturated carbocycles. The molecule has 1 fully saturated rings. The molecule has 1 amide bonds. The van der Waals surface area contributed by atoms with E-state index in [1.54, 1.807) is 6.07 Å². The number of benzene rings is 1. The number of hydrogen-bond acceptors (Lipinski definition) is 4. The Morgan fingerprint density at radius 1 is 1.48 bits per heavy atom. The second-order valence-corrected chi connectivity index (χ2v) is 5.22. The number of methoxy groups -OCH3 is 1. The maximum atomic E-state index is 14.0. The molecule has 2 rings (SSSR count). The Balaban J connectivity index is 1.96. The first kappa shape index (κ1) is 15.7. The highest BCUT2D eigenvalue weighted by Gasteiger charge is 2.19. The van der Waals surface area contributed by atoms with Crippen LogP contribution in [0.5, 0.6) is 5.75 Å². The van der Waals surface area contributed by atoms with Crippen molar-refractivity contribution in [2.75, 3.05) is 19.0 Å². The van der Waals surface area contributed by atoms with Crippen LogP contribution in [-0.2, 0) is 9.53 Å².